The molecule has 2 aromatic carbocycles. The second kappa shape index (κ2) is 15.0. The molecular formula is C43H51N9O6. The molecule has 0 spiro atoms. The van der Waals surface area contributed by atoms with Gasteiger partial charge < -0.3 is 20.2 Å². The summed E-state index contributed by atoms with van der Waals surface area (Å²) in [5.41, 5.74) is 3.10. The van der Waals surface area contributed by atoms with Crippen LogP contribution in [0.1, 0.15) is 102 Å². The fourth-order valence-electron chi connectivity index (χ4n) is 8.96. The van der Waals surface area contributed by atoms with Gasteiger partial charge in [-0.2, -0.15) is 5.10 Å². The molecule has 15 heteroatoms. The van der Waals surface area contributed by atoms with Crippen LogP contribution in [0.2, 0.25) is 0 Å². The van der Waals surface area contributed by atoms with Gasteiger partial charge in [0.25, 0.3) is 17.7 Å². The van der Waals surface area contributed by atoms with Crippen molar-refractivity contribution >= 4 is 51.8 Å². The van der Waals surface area contributed by atoms with E-state index in [2.05, 4.69) is 44.2 Å². The summed E-state index contributed by atoms with van der Waals surface area (Å²) >= 11 is 0. The number of rotatable bonds is 9. The lowest BCUT2D eigenvalue weighted by molar-refractivity contribution is -0.136. The quantitative estimate of drug-likeness (QED) is 0.210. The van der Waals surface area contributed by atoms with Crippen LogP contribution in [-0.2, 0) is 15.2 Å². The SMILES string of the molecule is Cc1cccc(C(=O)Nc2cc3cn(C4CCN(CC(C)(C)N5CCN(c6ccc7c(c6)C(=O)N(C6CCC(=O)NC6=O)C7=O)CC5)CC4)nc3cc2C(C)(C)O)n1. The van der Waals surface area contributed by atoms with Crippen LogP contribution in [0.15, 0.2) is 54.7 Å². The molecule has 8 rings (SSSR count). The minimum atomic E-state index is -1.21. The van der Waals surface area contributed by atoms with Crippen LogP contribution >= 0.6 is 0 Å². The molecule has 1 unspecified atom stereocenters. The molecule has 2 aromatic heterocycles. The molecule has 1 atom stereocenters. The third-order valence-electron chi connectivity index (χ3n) is 12.2. The topological polar surface area (TPSA) is 173 Å². The van der Waals surface area contributed by atoms with Gasteiger partial charge >= 0.3 is 0 Å². The molecule has 3 saturated heterocycles. The zero-order chi connectivity index (χ0) is 41.1. The van der Waals surface area contributed by atoms with Gasteiger partial charge in [0.1, 0.15) is 11.7 Å². The zero-order valence-electron chi connectivity index (χ0n) is 33.7. The fraction of sp³-hybridized carbons (Fsp3) is 0.465. The summed E-state index contributed by atoms with van der Waals surface area (Å²) in [6.07, 6.45) is 4.14. The van der Waals surface area contributed by atoms with Crippen molar-refractivity contribution in [2.45, 2.75) is 83.5 Å². The summed E-state index contributed by atoms with van der Waals surface area (Å²) < 4.78 is 2.04. The number of likely N-dealkylation sites (tertiary alicyclic amines) is 1. The Kier molecular flexibility index (Phi) is 10.2. The van der Waals surface area contributed by atoms with E-state index < -0.39 is 35.3 Å². The predicted molar refractivity (Wildman–Crippen MR) is 218 cm³/mol. The molecule has 3 N–H and O–H groups in total. The number of hydrogen-bond acceptors (Lipinski definition) is 11. The van der Waals surface area contributed by atoms with E-state index >= 15 is 0 Å². The standard InChI is InChI=1S/C43H51N9O6/c1-26-7-6-8-33(44-26)38(54)45-35-21-27-24-51(47-34(27)23-32(35)43(4,5)58)28-13-15-48(16-14-28)25-42(2,3)50-19-17-49(18-20-50)29-9-10-30-31(22-29)41(57)52(40(30)56)36-11-12-37(53)46-39(36)55/h6-10,21-24,28,36,58H,11-20,25H2,1-5H3,(H,45,54)(H,46,53,55). The van der Waals surface area contributed by atoms with E-state index in [9.17, 15) is 29.1 Å². The van der Waals surface area contributed by atoms with Crippen LogP contribution in [0.5, 0.6) is 0 Å². The number of benzene rings is 2. The summed E-state index contributed by atoms with van der Waals surface area (Å²) in [6.45, 7) is 15.8. The van der Waals surface area contributed by atoms with Gasteiger partial charge in [-0.1, -0.05) is 6.07 Å². The minimum absolute atomic E-state index is 0.0790. The second-order valence-corrected chi connectivity index (χ2v) is 17.2. The Labute approximate surface area is 337 Å². The van der Waals surface area contributed by atoms with E-state index in [0.717, 1.165) is 85.8 Å². The summed E-state index contributed by atoms with van der Waals surface area (Å²) in [5, 5.41) is 22.1. The van der Waals surface area contributed by atoms with Gasteiger partial charge in [-0.15, -0.1) is 0 Å². The van der Waals surface area contributed by atoms with E-state index in [0.29, 0.717) is 22.5 Å². The lowest BCUT2D eigenvalue weighted by atomic mass is 9.95. The summed E-state index contributed by atoms with van der Waals surface area (Å²) in [5.74, 6) is -2.34. The van der Waals surface area contributed by atoms with Crippen molar-refractivity contribution in [1.29, 1.82) is 0 Å². The van der Waals surface area contributed by atoms with Gasteiger partial charge in [0, 0.05) is 92.0 Å². The number of fused-ring (bicyclic) bond motifs is 2. The van der Waals surface area contributed by atoms with E-state index in [4.69, 9.17) is 5.10 Å². The van der Waals surface area contributed by atoms with Gasteiger partial charge in [-0.05, 0) is 96.3 Å². The number of aliphatic hydroxyl groups is 1. The van der Waals surface area contributed by atoms with E-state index in [1.807, 2.05) is 42.1 Å². The van der Waals surface area contributed by atoms with E-state index in [1.54, 1.807) is 38.1 Å². The number of piperidine rings is 2. The second-order valence-electron chi connectivity index (χ2n) is 17.2. The molecule has 0 radical (unpaired) electrons. The van der Waals surface area contributed by atoms with Gasteiger partial charge in [0.2, 0.25) is 11.8 Å². The van der Waals surface area contributed by atoms with Gasteiger partial charge in [-0.25, -0.2) is 4.98 Å². The first kappa shape index (κ1) is 39.3. The number of pyridine rings is 1. The number of piperazine rings is 1. The smallest absolute Gasteiger partial charge is 0.274 e. The van der Waals surface area contributed by atoms with Gasteiger partial charge in [-0.3, -0.25) is 43.8 Å². The molecule has 3 fully saturated rings. The molecule has 58 heavy (non-hydrogen) atoms. The number of hydrogen-bond donors (Lipinski definition) is 3. The first-order valence-electron chi connectivity index (χ1n) is 20.1. The van der Waals surface area contributed by atoms with Crippen LogP contribution in [0, 0.1) is 6.92 Å². The normalized spacial score (nSPS) is 20.2. The highest BCUT2D eigenvalue weighted by Gasteiger charge is 2.45. The average Bonchev–Trinajstić information content (AvgIpc) is 3.71. The molecule has 15 nitrogen and oxygen atoms in total. The van der Waals surface area contributed by atoms with E-state index in [-0.39, 0.29) is 35.9 Å². The molecule has 0 saturated carbocycles. The molecule has 304 valence electrons. The van der Waals surface area contributed by atoms with Crippen LogP contribution in [0.25, 0.3) is 10.9 Å². The molecule has 6 heterocycles. The Morgan fingerprint density at radius 3 is 2.31 bits per heavy atom. The Morgan fingerprint density at radius 1 is 0.897 bits per heavy atom. The highest BCUT2D eigenvalue weighted by molar-refractivity contribution is 6.23. The largest absolute Gasteiger partial charge is 0.386 e. The molecule has 4 aromatic rings. The number of carbonyl (C=O) groups is 5. The highest BCUT2D eigenvalue weighted by Crippen LogP contribution is 2.35. The first-order valence-corrected chi connectivity index (χ1v) is 20.1. The molecule has 4 aliphatic rings. The number of aryl methyl sites for hydroxylation is 1. The fourth-order valence-corrected chi connectivity index (χ4v) is 8.96. The molecule has 0 aliphatic carbocycles. The third-order valence-corrected chi connectivity index (χ3v) is 12.2. The Balaban J connectivity index is 0.866. The average molecular weight is 790 g/mol. The number of nitrogens with zero attached hydrogens (tertiary/aromatic N) is 7. The van der Waals surface area contributed by atoms with Crippen LogP contribution < -0.4 is 15.5 Å². The van der Waals surface area contributed by atoms with Crippen molar-refractivity contribution < 1.29 is 29.1 Å². The number of nitrogens with one attached hydrogen (secondary N) is 2. The van der Waals surface area contributed by atoms with Crippen molar-refractivity contribution in [3.8, 4) is 0 Å². The third kappa shape index (κ3) is 7.61. The Hall–Kier alpha value is -5.51. The molecule has 4 aliphatic heterocycles. The van der Waals surface area contributed by atoms with Crippen LogP contribution in [0.4, 0.5) is 11.4 Å². The van der Waals surface area contributed by atoms with Crippen molar-refractivity contribution in [3.63, 3.8) is 0 Å². The summed E-state index contributed by atoms with van der Waals surface area (Å²) in [6, 6.07) is 13.6. The van der Waals surface area contributed by atoms with Crippen molar-refractivity contribution in [2.75, 3.05) is 56.0 Å². The predicted octanol–water partition coefficient (Wildman–Crippen LogP) is 3.86. The summed E-state index contributed by atoms with van der Waals surface area (Å²) in [4.78, 5) is 76.5. The molecule has 0 bridgehead atoms. The Bertz CT molecular complexity index is 2310. The maximum absolute atomic E-state index is 13.4. The number of carbonyl (C=O) groups excluding carboxylic acids is 5. The number of imide groups is 2. The molecule has 5 amide bonds. The lowest BCUT2D eigenvalue weighted by Crippen LogP contribution is -2.59. The number of anilines is 2. The van der Waals surface area contributed by atoms with Crippen molar-refractivity contribution in [1.82, 2.24) is 34.8 Å². The number of amides is 5. The Morgan fingerprint density at radius 2 is 1.62 bits per heavy atom. The van der Waals surface area contributed by atoms with Crippen LogP contribution in [0.3, 0.4) is 0 Å². The summed E-state index contributed by atoms with van der Waals surface area (Å²) in [7, 11) is 0. The van der Waals surface area contributed by atoms with Crippen molar-refractivity contribution in [2.24, 2.45) is 0 Å². The number of aromatic nitrogens is 3. The monoisotopic (exact) mass is 789 g/mol. The highest BCUT2D eigenvalue weighted by atomic mass is 16.3. The molecular weight excluding hydrogens is 739 g/mol. The van der Waals surface area contributed by atoms with E-state index in [1.165, 1.54) is 0 Å². The maximum atomic E-state index is 13.4. The van der Waals surface area contributed by atoms with Gasteiger partial charge in [0.15, 0.2) is 0 Å². The minimum Gasteiger partial charge on any atom is -0.386 e. The van der Waals surface area contributed by atoms with Crippen LogP contribution in [-0.4, -0.2) is 122 Å². The maximum Gasteiger partial charge on any atom is 0.274 e. The van der Waals surface area contributed by atoms with Gasteiger partial charge in [0.05, 0.1) is 28.3 Å². The zero-order valence-corrected chi connectivity index (χ0v) is 33.7. The lowest BCUT2D eigenvalue weighted by Gasteiger charge is -2.47. The van der Waals surface area contributed by atoms with Crippen molar-refractivity contribution in [3.05, 3.63) is 82.8 Å². The first-order chi connectivity index (χ1) is 27.6.